The van der Waals surface area contributed by atoms with Gasteiger partial charge >= 0.3 is 6.09 Å². The fourth-order valence-corrected chi connectivity index (χ4v) is 4.23. The molecule has 2 aromatic rings. The average molecular weight is 377 g/mol. The summed E-state index contributed by atoms with van der Waals surface area (Å²) in [6, 6.07) is 16.4. The summed E-state index contributed by atoms with van der Waals surface area (Å²) in [5, 5.41) is 2.41. The summed E-state index contributed by atoms with van der Waals surface area (Å²) >= 11 is 0. The van der Waals surface area contributed by atoms with Crippen molar-refractivity contribution in [1.29, 1.82) is 0 Å². The van der Waals surface area contributed by atoms with Crippen LogP contribution in [0.5, 0.6) is 0 Å². The molecule has 0 saturated heterocycles. The number of carbonyl (C=O) groups is 2. The van der Waals surface area contributed by atoms with Crippen molar-refractivity contribution in [2.45, 2.75) is 37.6 Å². The maximum Gasteiger partial charge on any atom is 0.409 e. The fraction of sp³-hybridized carbons (Fsp3) is 0.304. The van der Waals surface area contributed by atoms with E-state index in [1.54, 1.807) is 6.92 Å². The van der Waals surface area contributed by atoms with E-state index in [0.29, 0.717) is 0 Å². The minimum absolute atomic E-state index is 0.138. The quantitative estimate of drug-likeness (QED) is 0.870. The topological polar surface area (TPSA) is 64.6 Å². The van der Waals surface area contributed by atoms with E-state index < -0.39 is 18.0 Å². The van der Waals surface area contributed by atoms with E-state index in [0.717, 1.165) is 24.0 Å². The van der Waals surface area contributed by atoms with Gasteiger partial charge in [-0.05, 0) is 54.2 Å². The smallest absolute Gasteiger partial charge is 0.409 e. The van der Waals surface area contributed by atoms with E-state index in [4.69, 9.17) is 9.47 Å². The number of hydrogen-bond acceptors (Lipinski definition) is 4. The van der Waals surface area contributed by atoms with Gasteiger partial charge in [-0.15, -0.1) is 0 Å². The Morgan fingerprint density at radius 2 is 1.64 bits per heavy atom. The number of hydrogen-bond donors (Lipinski definition) is 1. The Morgan fingerprint density at radius 3 is 2.21 bits per heavy atom. The van der Waals surface area contributed by atoms with Gasteiger partial charge in [-0.1, -0.05) is 48.5 Å². The molecule has 1 aliphatic carbocycles. The first kappa shape index (κ1) is 18.4. The first-order valence-corrected chi connectivity index (χ1v) is 9.47. The van der Waals surface area contributed by atoms with E-state index >= 15 is 0 Å². The zero-order valence-corrected chi connectivity index (χ0v) is 16.0. The summed E-state index contributed by atoms with van der Waals surface area (Å²) in [6.07, 6.45) is 3.23. The minimum Gasteiger partial charge on any atom is -0.416 e. The van der Waals surface area contributed by atoms with Gasteiger partial charge in [-0.2, -0.15) is 0 Å². The molecule has 144 valence electrons. The van der Waals surface area contributed by atoms with Crippen molar-refractivity contribution in [2.75, 3.05) is 7.05 Å². The average Bonchev–Trinajstić information content (AvgIpc) is 2.88. The first-order chi connectivity index (χ1) is 13.5. The van der Waals surface area contributed by atoms with Crippen molar-refractivity contribution in [2.24, 2.45) is 0 Å². The lowest BCUT2D eigenvalue weighted by Crippen LogP contribution is -2.50. The fourth-order valence-electron chi connectivity index (χ4n) is 4.23. The van der Waals surface area contributed by atoms with Crippen LogP contribution >= 0.6 is 0 Å². The summed E-state index contributed by atoms with van der Waals surface area (Å²) in [4.78, 5) is 24.7. The third kappa shape index (κ3) is 3.12. The lowest BCUT2D eigenvalue weighted by molar-refractivity contribution is -0.177. The van der Waals surface area contributed by atoms with Crippen LogP contribution in [0.25, 0.3) is 0 Å². The van der Waals surface area contributed by atoms with Crippen LogP contribution < -0.4 is 5.32 Å². The van der Waals surface area contributed by atoms with Gasteiger partial charge < -0.3 is 14.8 Å². The first-order valence-electron chi connectivity index (χ1n) is 9.47. The van der Waals surface area contributed by atoms with Crippen molar-refractivity contribution in [3.63, 3.8) is 0 Å². The summed E-state index contributed by atoms with van der Waals surface area (Å²) in [5.74, 6) is -0.434. The van der Waals surface area contributed by atoms with Gasteiger partial charge in [-0.3, -0.25) is 4.79 Å². The molecule has 5 heteroatoms. The molecule has 0 spiro atoms. The maximum absolute atomic E-state index is 13.1. The number of benzene rings is 2. The molecule has 2 atom stereocenters. The highest BCUT2D eigenvalue weighted by Gasteiger charge is 2.48. The molecule has 1 aliphatic heterocycles. The van der Waals surface area contributed by atoms with Crippen LogP contribution in [0.4, 0.5) is 4.79 Å². The molecule has 28 heavy (non-hydrogen) atoms. The number of ketones is 1. The number of amides is 1. The molecule has 0 fully saturated rings. The van der Waals surface area contributed by atoms with E-state index in [9.17, 15) is 9.59 Å². The predicted octanol–water partition coefficient (Wildman–Crippen LogP) is 3.51. The number of alkyl carbamates (subject to hydrolysis) is 1. The van der Waals surface area contributed by atoms with E-state index in [2.05, 4.69) is 29.6 Å². The molecule has 4 rings (SSSR count). The second-order valence-corrected chi connectivity index (χ2v) is 7.30. The third-order valence-corrected chi connectivity index (χ3v) is 5.63. The maximum atomic E-state index is 13.1. The number of fused-ring (bicyclic) bond motifs is 2. The molecule has 2 aromatic carbocycles. The van der Waals surface area contributed by atoms with E-state index in [1.165, 1.54) is 30.3 Å². The number of ether oxygens (including phenoxy) is 2. The van der Waals surface area contributed by atoms with Gasteiger partial charge in [0.1, 0.15) is 5.60 Å². The lowest BCUT2D eigenvalue weighted by Gasteiger charge is -2.40. The van der Waals surface area contributed by atoms with Crippen molar-refractivity contribution in [1.82, 2.24) is 5.32 Å². The molecule has 0 saturated carbocycles. The molecular formula is C23H23NO4. The van der Waals surface area contributed by atoms with Crippen molar-refractivity contribution in [3.8, 4) is 0 Å². The second-order valence-electron chi connectivity index (χ2n) is 7.30. The molecule has 1 amide bonds. The Balaban J connectivity index is 1.84. The Kier molecular flexibility index (Phi) is 4.77. The zero-order valence-electron chi connectivity index (χ0n) is 16.0. The molecular weight excluding hydrogens is 354 g/mol. The van der Waals surface area contributed by atoms with Gasteiger partial charge in [0.15, 0.2) is 5.78 Å². The standard InChI is InChI=1S/C23H23NO4/c1-23(19(25)13-14-20(28-23)27-22(26)24-2)21-17-9-5-3-7-15(17)11-12-16-8-4-6-10-18(16)21/h3-10,13-14,20-21H,11-12H2,1-2H3,(H,24,26)/t20-,23-/m1/s1. The Hall–Kier alpha value is -2.92. The molecule has 0 unspecified atom stereocenters. The van der Waals surface area contributed by atoms with Crippen LogP contribution in [0.2, 0.25) is 0 Å². The second kappa shape index (κ2) is 7.24. The van der Waals surface area contributed by atoms with Crippen LogP contribution in [0, 0.1) is 0 Å². The molecule has 2 aliphatic rings. The van der Waals surface area contributed by atoms with E-state index in [-0.39, 0.29) is 11.7 Å². The zero-order chi connectivity index (χ0) is 19.7. The van der Waals surface area contributed by atoms with E-state index in [1.807, 2.05) is 24.3 Å². The highest BCUT2D eigenvalue weighted by Crippen LogP contribution is 2.45. The molecule has 1 heterocycles. The number of rotatable bonds is 2. The monoisotopic (exact) mass is 377 g/mol. The predicted molar refractivity (Wildman–Crippen MR) is 105 cm³/mol. The molecule has 1 N–H and O–H groups in total. The summed E-state index contributed by atoms with van der Waals surface area (Å²) < 4.78 is 11.4. The Labute approximate surface area is 164 Å². The number of aryl methyl sites for hydroxylation is 2. The van der Waals surface area contributed by atoms with Gasteiger partial charge in [-0.25, -0.2) is 4.79 Å². The Morgan fingerprint density at radius 1 is 1.07 bits per heavy atom. The lowest BCUT2D eigenvalue weighted by atomic mass is 9.73. The van der Waals surface area contributed by atoms with Crippen molar-refractivity contribution in [3.05, 3.63) is 82.9 Å². The normalized spacial score (nSPS) is 24.1. The van der Waals surface area contributed by atoms with Gasteiger partial charge in [0.25, 0.3) is 0 Å². The molecule has 0 bridgehead atoms. The molecule has 5 nitrogen and oxygen atoms in total. The third-order valence-electron chi connectivity index (χ3n) is 5.63. The summed E-state index contributed by atoms with van der Waals surface area (Å²) in [7, 11) is 1.48. The van der Waals surface area contributed by atoms with Crippen LogP contribution in [-0.2, 0) is 27.1 Å². The molecule has 0 radical (unpaired) electrons. The van der Waals surface area contributed by atoms with Crippen molar-refractivity contribution >= 4 is 11.9 Å². The van der Waals surface area contributed by atoms with Crippen LogP contribution in [0.15, 0.2) is 60.7 Å². The largest absolute Gasteiger partial charge is 0.416 e. The SMILES string of the molecule is CNC(=O)O[C@H]1C=CC(=O)[C@](C)(C2c3ccccc3CCc3ccccc32)O1. The summed E-state index contributed by atoms with van der Waals surface area (Å²) in [5.41, 5.74) is 3.39. The Bertz CT molecular complexity index is 904. The number of carbonyl (C=O) groups excluding carboxylic acids is 2. The van der Waals surface area contributed by atoms with Crippen LogP contribution in [0.3, 0.4) is 0 Å². The highest BCUT2D eigenvalue weighted by atomic mass is 16.7. The van der Waals surface area contributed by atoms with Gasteiger partial charge in [0.05, 0.1) is 0 Å². The van der Waals surface area contributed by atoms with Gasteiger partial charge in [0.2, 0.25) is 6.29 Å². The van der Waals surface area contributed by atoms with Crippen molar-refractivity contribution < 1.29 is 19.1 Å². The van der Waals surface area contributed by atoms with Crippen LogP contribution in [-0.4, -0.2) is 30.8 Å². The minimum atomic E-state index is -1.19. The number of nitrogens with one attached hydrogen (secondary N) is 1. The molecule has 0 aromatic heterocycles. The summed E-state index contributed by atoms with van der Waals surface area (Å²) in [6.45, 7) is 1.79. The van der Waals surface area contributed by atoms with Crippen LogP contribution in [0.1, 0.15) is 35.1 Å². The highest BCUT2D eigenvalue weighted by molar-refractivity contribution is 5.99. The van der Waals surface area contributed by atoms with Gasteiger partial charge in [0, 0.05) is 13.0 Å².